The minimum atomic E-state index is -0.711. The van der Waals surface area contributed by atoms with E-state index in [0.29, 0.717) is 65.0 Å². The van der Waals surface area contributed by atoms with Crippen LogP contribution < -0.4 is 11.1 Å². The van der Waals surface area contributed by atoms with Crippen molar-refractivity contribution >= 4 is 108 Å². The van der Waals surface area contributed by atoms with Crippen molar-refractivity contribution in [2.24, 2.45) is 16.0 Å². The Morgan fingerprint density at radius 1 is 0.577 bits per heavy atom. The van der Waals surface area contributed by atoms with Gasteiger partial charge in [-0.2, -0.15) is 25.3 Å². The zero-order valence-corrected chi connectivity index (χ0v) is 83.8. The Balaban J connectivity index is -0.000000108. The number of nitrogens with one attached hydrogen (secondary N) is 1. The van der Waals surface area contributed by atoms with Gasteiger partial charge in [-0.1, -0.05) is 202 Å². The molecule has 4 aliphatic rings. The van der Waals surface area contributed by atoms with Gasteiger partial charge in [0, 0.05) is 144 Å². The standard InChI is InChI=1S/2C9H15NO2S.2C7H13N3.C7H9NO2.C7H14.C6H7NO2.C6H13NO.C5H10.C4H8O2.2C4H6.C3H7N3.C3H8S.C3H6.C2H5N3.C2H7N.C2H6S/c1-3-5-10-8(11)6-7(9(10)12)13-4-2;1-3-5-13-7-6-8(11)10(4-2)9(7)12;1-3-5-7-6-10(4-2)9-8-7;1-3-5-10-6-7(4-2)8-9-10;1-2-5-8-6(9)3-4-7(8)10;1-3-5-7-6-4-2;1-2-7-5(8)3-4-6(7)9;1-3-5-6(8)7-4-2;1-3-5-4-2;1-2-3-4(5)6;2*1-3-4-2;1-2-3-5-6-4;1-2-3-4;1-3-2;1-2-4-5-3;2*1-2-3/h2*7H,3-6H2,1-2H3;2*6H,3-5H2,1-2H3;3-4H,2,5H2,1H3;5,7H,3-4,6H2,1-2H3;3-4H,2H2,1H3;3-5H2,1-2H3,(H,7,8);3H,1,4-5H2,2H3;2-3H2,1H3,(H,5,6);2*1H,4H2,2H3;2-3H2,1H3;4H,2-3H2,1H3;3H,1H2,2H3;2H2,1H3;2-3H2,1H3;3H,2H2,1H3/b;;;;;7-5+;;;;;;;;;;;;. The van der Waals surface area contributed by atoms with Crippen LogP contribution in [0.4, 0.5) is 0 Å². The highest BCUT2D eigenvalue weighted by Gasteiger charge is 2.38. The summed E-state index contributed by atoms with van der Waals surface area (Å²) in [6.45, 7) is 61.4. The average molecular weight is 1810 g/mol. The number of unbranched alkanes of at least 4 members (excludes halogenated alkanes) is 2. The van der Waals surface area contributed by atoms with Crippen molar-refractivity contribution in [3.8, 4) is 24.7 Å². The molecule has 2 saturated heterocycles. The molecule has 6 heterocycles. The van der Waals surface area contributed by atoms with Gasteiger partial charge in [0.25, 0.3) is 23.6 Å². The Labute approximate surface area is 764 Å². The molecule has 33 heteroatoms. The van der Waals surface area contributed by atoms with Crippen LogP contribution in [0.15, 0.2) is 84.4 Å². The second-order valence-corrected chi connectivity index (χ2v) is 28.6. The van der Waals surface area contributed by atoms with Gasteiger partial charge in [-0.25, -0.2) is 0 Å². The van der Waals surface area contributed by atoms with Crippen LogP contribution in [0.3, 0.4) is 0 Å². The molecule has 6 rings (SSSR count). The summed E-state index contributed by atoms with van der Waals surface area (Å²) in [4.78, 5) is 119. The van der Waals surface area contributed by atoms with Crippen LogP contribution in [0, 0.1) is 24.7 Å². The summed E-state index contributed by atoms with van der Waals surface area (Å²) in [6, 6.07) is 0. The average Bonchev–Trinajstić information content (AvgIpc) is 1.70. The Bertz CT molecular complexity index is 3050. The van der Waals surface area contributed by atoms with Crippen LogP contribution in [0.25, 0.3) is 20.9 Å². The predicted molar refractivity (Wildman–Crippen MR) is 526 cm³/mol. The summed E-state index contributed by atoms with van der Waals surface area (Å²) in [5, 5.41) is 32.7. The van der Waals surface area contributed by atoms with E-state index in [1.54, 1.807) is 43.4 Å². The maximum absolute atomic E-state index is 11.6. The molecule has 4 aliphatic heterocycles. The van der Waals surface area contributed by atoms with E-state index in [-0.39, 0.29) is 63.7 Å². The number of carboxylic acid groups (broad SMARTS) is 1. The SMILES string of the molecule is C#CCC.C#CCC.C=CC.C=CCCC.CC/C=C/CCC.CCCC(=O)NCC.CCCC(=O)O.CCCN1C(=O)C=CC1=O.CCCN1C(=O)CC(SCC)C1=O.CCCN=[N+]=[N-].CCCS.CCCSC1CC(=O)N(CC)C1=O.CCCc1cn(CC)nn1.CCCn1cc(CC)nn1.CCN.CCN1C(=O)C=CC1=O.CCN=[N+]=[N-].CCS. The fourth-order valence-corrected chi connectivity index (χ4v) is 9.71. The number of carbonyl (C=O) groups excluding carboxylic acids is 9. The third kappa shape index (κ3) is 102. The molecule has 0 radical (unpaired) electrons. The lowest BCUT2D eigenvalue weighted by atomic mass is 10.3. The van der Waals surface area contributed by atoms with Crippen LogP contribution in [-0.2, 0) is 73.9 Å². The van der Waals surface area contributed by atoms with Crippen LogP contribution in [0.5, 0.6) is 0 Å². The van der Waals surface area contributed by atoms with Gasteiger partial charge >= 0.3 is 5.97 Å². The predicted octanol–water partition coefficient (Wildman–Crippen LogP) is 20.3. The third-order valence-corrected chi connectivity index (χ3v) is 16.3. The number of likely N-dealkylation sites (tertiary alicyclic amines) is 2. The molecule has 0 spiro atoms. The van der Waals surface area contributed by atoms with E-state index in [9.17, 15) is 47.9 Å². The molecule has 0 aromatic carbocycles. The maximum Gasteiger partial charge on any atom is 0.303 e. The van der Waals surface area contributed by atoms with Gasteiger partial charge in [-0.05, 0) is 152 Å². The molecule has 2 unspecified atom stereocenters. The molecule has 2 fully saturated rings. The molecule has 4 N–H and O–H groups in total. The lowest BCUT2D eigenvalue weighted by Gasteiger charge is -2.12. The highest BCUT2D eigenvalue weighted by Crippen LogP contribution is 2.26. The number of nitrogens with two attached hydrogens (primary N) is 1. The smallest absolute Gasteiger partial charge is 0.303 e. The number of carboxylic acids is 1. The molecule has 2 aromatic rings. The fraction of sp³-hybridized carbons (Fsp3) is 0.689. The van der Waals surface area contributed by atoms with E-state index in [1.165, 1.54) is 76.0 Å². The quantitative estimate of drug-likeness (QED) is 0.00890. The number of azide groups is 2. The Hall–Kier alpha value is -8.42. The normalized spacial score (nSPS) is 12.6. The summed E-state index contributed by atoms with van der Waals surface area (Å²) in [5.41, 5.74) is 22.2. The van der Waals surface area contributed by atoms with Gasteiger partial charge in [0.05, 0.1) is 21.9 Å². The first-order valence-electron chi connectivity index (χ1n) is 43.8. The maximum atomic E-state index is 11.6. The zero-order chi connectivity index (χ0) is 97.3. The number of imide groups is 4. The monoisotopic (exact) mass is 1810 g/mol. The van der Waals surface area contributed by atoms with E-state index in [4.69, 9.17) is 34.7 Å². The number of rotatable bonds is 31. The number of allylic oxidation sites excluding steroid dienone is 4. The van der Waals surface area contributed by atoms with Crippen molar-refractivity contribution in [3.63, 3.8) is 0 Å². The van der Waals surface area contributed by atoms with Gasteiger partial charge in [0.2, 0.25) is 29.5 Å². The molecule has 708 valence electrons. The number of terminal acetylenes is 2. The van der Waals surface area contributed by atoms with Gasteiger partial charge in [-0.3, -0.25) is 76.9 Å². The van der Waals surface area contributed by atoms with Crippen LogP contribution in [0.2, 0.25) is 0 Å². The first-order chi connectivity index (χ1) is 58.9. The number of thiol groups is 2. The molecule has 0 saturated carbocycles. The molecule has 2 aromatic heterocycles. The van der Waals surface area contributed by atoms with Crippen LogP contribution in [-0.4, -0.2) is 200 Å². The Morgan fingerprint density at radius 3 is 1.28 bits per heavy atom. The lowest BCUT2D eigenvalue weighted by Crippen LogP contribution is -2.31. The minimum absolute atomic E-state index is 0.00204. The number of thioether (sulfide) groups is 2. The van der Waals surface area contributed by atoms with Gasteiger partial charge in [0.15, 0.2) is 0 Å². The number of hydrogen-bond donors (Lipinski definition) is 5. The van der Waals surface area contributed by atoms with E-state index >= 15 is 0 Å². The number of aliphatic carboxylic acids is 1. The van der Waals surface area contributed by atoms with Crippen molar-refractivity contribution < 1.29 is 53.1 Å². The number of amides is 9. The highest BCUT2D eigenvalue weighted by atomic mass is 32.2. The van der Waals surface area contributed by atoms with Gasteiger partial charge in [-0.15, -0.1) is 71.6 Å². The van der Waals surface area contributed by atoms with Crippen molar-refractivity contribution in [1.82, 2.24) is 54.9 Å². The topological polar surface area (TPSA) is 401 Å². The van der Waals surface area contributed by atoms with E-state index in [1.807, 2.05) is 118 Å². The summed E-state index contributed by atoms with van der Waals surface area (Å²) in [7, 11) is 0. The minimum Gasteiger partial charge on any atom is -0.481 e. The van der Waals surface area contributed by atoms with Gasteiger partial charge in [0.1, 0.15) is 0 Å². The summed E-state index contributed by atoms with van der Waals surface area (Å²) >= 11 is 10.9. The number of carbonyl (C=O) groups is 10. The molecule has 0 aliphatic carbocycles. The van der Waals surface area contributed by atoms with Crippen molar-refractivity contribution in [2.45, 2.75) is 331 Å². The molecule has 0 bridgehead atoms. The molecule has 2 atom stereocenters. The van der Waals surface area contributed by atoms with Crippen LogP contribution >= 0.6 is 48.8 Å². The van der Waals surface area contributed by atoms with E-state index in [2.05, 4.69) is 171 Å². The molecule has 9 amide bonds. The second kappa shape index (κ2) is 118. The number of aryl methyl sites for hydroxylation is 4. The van der Waals surface area contributed by atoms with Gasteiger partial charge < -0.3 is 16.2 Å². The summed E-state index contributed by atoms with van der Waals surface area (Å²) in [5.74, 6) is 7.34. The largest absolute Gasteiger partial charge is 0.481 e. The second-order valence-electron chi connectivity index (χ2n) is 24.7. The first-order valence-corrected chi connectivity index (χ1v) is 47.1. The molecular formula is C90H168N18O11S4. The number of likely N-dealkylation sites (N-methyl/N-ethyl adjacent to an activating group) is 1. The highest BCUT2D eigenvalue weighted by molar-refractivity contribution is 8.00. The Morgan fingerprint density at radius 2 is 1.00 bits per heavy atom. The molecule has 29 nitrogen and oxygen atoms in total. The van der Waals surface area contributed by atoms with E-state index in [0.717, 1.165) is 144 Å². The molecular weight excluding hydrogens is 1640 g/mol. The lowest BCUT2D eigenvalue weighted by molar-refractivity contribution is -0.139. The fourth-order valence-electron chi connectivity index (χ4n) is 7.73. The van der Waals surface area contributed by atoms with Crippen LogP contribution in [0.1, 0.15) is 306 Å². The summed E-state index contributed by atoms with van der Waals surface area (Å²) < 4.78 is 3.74. The third-order valence-electron chi connectivity index (χ3n) is 13.3. The zero-order valence-electron chi connectivity index (χ0n) is 80.4. The molecule has 123 heavy (non-hydrogen) atoms. The number of aromatic nitrogens is 6. The van der Waals surface area contributed by atoms with Crippen molar-refractivity contribution in [3.05, 3.63) is 106 Å². The summed E-state index contributed by atoms with van der Waals surface area (Å²) in [6.07, 6.45) is 47.2. The Kier molecular flexibility index (Phi) is 134. The number of hydrogen-bond acceptors (Lipinski definition) is 21. The van der Waals surface area contributed by atoms with E-state index < -0.39 is 5.97 Å². The van der Waals surface area contributed by atoms with Crippen molar-refractivity contribution in [1.29, 1.82) is 0 Å². The van der Waals surface area contributed by atoms with Crippen molar-refractivity contribution in [2.75, 3.05) is 75.4 Å². The first kappa shape index (κ1) is 140. The number of nitrogens with zero attached hydrogens (tertiary/aromatic N) is 16.